The van der Waals surface area contributed by atoms with Gasteiger partial charge in [-0.05, 0) is 60.7 Å². The van der Waals surface area contributed by atoms with E-state index in [0.717, 1.165) is 22.9 Å². The van der Waals surface area contributed by atoms with Crippen LogP contribution in [0.15, 0.2) is 57.9 Å². The minimum absolute atomic E-state index is 0.231. The van der Waals surface area contributed by atoms with Crippen molar-refractivity contribution in [3.05, 3.63) is 64.1 Å². The first-order valence-corrected chi connectivity index (χ1v) is 11.2. The second-order valence-corrected chi connectivity index (χ2v) is 9.78. The van der Waals surface area contributed by atoms with Gasteiger partial charge in [0.25, 0.3) is 5.91 Å². The van der Waals surface area contributed by atoms with Crippen molar-refractivity contribution in [2.45, 2.75) is 31.2 Å². The highest BCUT2D eigenvalue weighted by molar-refractivity contribution is 9.10. The fourth-order valence-electron chi connectivity index (χ4n) is 3.08. The minimum Gasteiger partial charge on any atom is -0.348 e. The number of sulfonamides is 1. The molecule has 0 unspecified atom stereocenters. The molecule has 2 aromatic rings. The van der Waals surface area contributed by atoms with E-state index in [9.17, 15) is 13.2 Å². The van der Waals surface area contributed by atoms with Crippen molar-refractivity contribution in [2.75, 3.05) is 13.1 Å². The van der Waals surface area contributed by atoms with E-state index >= 15 is 0 Å². The van der Waals surface area contributed by atoms with Crippen molar-refractivity contribution in [2.24, 2.45) is 5.92 Å². The summed E-state index contributed by atoms with van der Waals surface area (Å²) in [5.41, 5.74) is 1.42. The maximum absolute atomic E-state index is 12.7. The summed E-state index contributed by atoms with van der Waals surface area (Å²) >= 11 is 3.40. The van der Waals surface area contributed by atoms with Crippen LogP contribution in [0.1, 0.15) is 35.7 Å². The summed E-state index contributed by atoms with van der Waals surface area (Å²) in [5.74, 6) is 0.332. The Morgan fingerprint density at radius 1 is 1.15 bits per heavy atom. The van der Waals surface area contributed by atoms with E-state index in [-0.39, 0.29) is 10.8 Å². The zero-order valence-corrected chi connectivity index (χ0v) is 17.6. The Bertz CT molecular complexity index is 905. The summed E-state index contributed by atoms with van der Waals surface area (Å²) in [7, 11) is -3.49. The molecule has 1 fully saturated rings. The van der Waals surface area contributed by atoms with Gasteiger partial charge in [-0.1, -0.05) is 35.0 Å². The van der Waals surface area contributed by atoms with Crippen molar-refractivity contribution in [3.63, 3.8) is 0 Å². The minimum atomic E-state index is -3.49. The molecule has 0 aliphatic carbocycles. The standard InChI is InChI=1S/C20H23BrN2O3S/c1-15-9-11-23(12-10-15)27(25,26)19-7-5-17(6-8-19)20(24)22-14-16-3-2-4-18(21)13-16/h2-8,13,15H,9-12,14H2,1H3,(H,22,24). The predicted octanol–water partition coefficient (Wildman–Crippen LogP) is 3.80. The molecule has 0 saturated carbocycles. The number of carbonyl (C=O) groups excluding carboxylic acids is 1. The van der Waals surface area contributed by atoms with Crippen LogP contribution in [0.3, 0.4) is 0 Å². The summed E-state index contributed by atoms with van der Waals surface area (Å²) in [6.45, 7) is 3.66. The average Bonchev–Trinajstić information content (AvgIpc) is 2.66. The molecule has 1 N–H and O–H groups in total. The van der Waals surface area contributed by atoms with Crippen LogP contribution in [0, 0.1) is 5.92 Å². The number of nitrogens with zero attached hydrogens (tertiary/aromatic N) is 1. The first-order chi connectivity index (χ1) is 12.9. The fourth-order valence-corrected chi connectivity index (χ4v) is 5.00. The summed E-state index contributed by atoms with van der Waals surface area (Å²) in [4.78, 5) is 12.6. The van der Waals surface area contributed by atoms with Crippen LogP contribution in [-0.4, -0.2) is 31.7 Å². The third-order valence-corrected chi connectivity index (χ3v) is 7.25. The summed E-state index contributed by atoms with van der Waals surface area (Å²) in [6, 6.07) is 13.9. The number of benzene rings is 2. The molecule has 0 atom stereocenters. The van der Waals surface area contributed by atoms with E-state index in [1.54, 1.807) is 12.1 Å². The first-order valence-electron chi connectivity index (χ1n) is 8.99. The van der Waals surface area contributed by atoms with E-state index in [0.29, 0.717) is 31.1 Å². The zero-order valence-electron chi connectivity index (χ0n) is 15.2. The molecule has 0 spiro atoms. The third kappa shape index (κ3) is 4.97. The summed E-state index contributed by atoms with van der Waals surface area (Å²) in [6.07, 6.45) is 1.77. The zero-order chi connectivity index (χ0) is 19.4. The number of hydrogen-bond acceptors (Lipinski definition) is 3. The number of amides is 1. The molecular formula is C20H23BrN2O3S. The van der Waals surface area contributed by atoms with Gasteiger partial charge in [0.05, 0.1) is 4.90 Å². The quantitative estimate of drug-likeness (QED) is 0.752. The lowest BCUT2D eigenvalue weighted by Crippen LogP contribution is -2.37. The lowest BCUT2D eigenvalue weighted by Gasteiger charge is -2.29. The van der Waals surface area contributed by atoms with Crippen LogP contribution in [-0.2, 0) is 16.6 Å². The van der Waals surface area contributed by atoms with E-state index in [1.807, 2.05) is 24.3 Å². The number of halogens is 1. The molecule has 1 aliphatic rings. The van der Waals surface area contributed by atoms with Gasteiger partial charge in [-0.15, -0.1) is 0 Å². The molecule has 144 valence electrons. The molecule has 1 heterocycles. The monoisotopic (exact) mass is 450 g/mol. The Kier molecular flexibility index (Phi) is 6.34. The molecule has 0 aromatic heterocycles. The fraction of sp³-hybridized carbons (Fsp3) is 0.350. The summed E-state index contributed by atoms with van der Waals surface area (Å²) in [5, 5.41) is 2.85. The molecule has 1 aliphatic heterocycles. The Morgan fingerprint density at radius 3 is 2.44 bits per heavy atom. The number of hydrogen-bond donors (Lipinski definition) is 1. The van der Waals surface area contributed by atoms with Crippen LogP contribution in [0.5, 0.6) is 0 Å². The van der Waals surface area contributed by atoms with Crippen molar-refractivity contribution in [1.29, 1.82) is 0 Å². The third-order valence-electron chi connectivity index (χ3n) is 4.84. The van der Waals surface area contributed by atoms with Gasteiger partial charge in [0.1, 0.15) is 0 Å². The normalized spacial score (nSPS) is 16.2. The van der Waals surface area contributed by atoms with E-state index in [2.05, 4.69) is 28.2 Å². The maximum Gasteiger partial charge on any atom is 0.251 e. The number of nitrogens with one attached hydrogen (secondary N) is 1. The number of rotatable bonds is 5. The topological polar surface area (TPSA) is 66.5 Å². The SMILES string of the molecule is CC1CCN(S(=O)(=O)c2ccc(C(=O)NCc3cccc(Br)c3)cc2)CC1. The second-order valence-electron chi connectivity index (χ2n) is 6.92. The van der Waals surface area contributed by atoms with Crippen molar-refractivity contribution >= 4 is 31.9 Å². The Hall–Kier alpha value is -1.70. The van der Waals surface area contributed by atoms with Gasteiger partial charge in [-0.3, -0.25) is 4.79 Å². The summed E-state index contributed by atoms with van der Waals surface area (Å²) < 4.78 is 28.0. The molecule has 3 rings (SSSR count). The van der Waals surface area contributed by atoms with Crippen LogP contribution in [0.25, 0.3) is 0 Å². The van der Waals surface area contributed by atoms with E-state index < -0.39 is 10.0 Å². The highest BCUT2D eigenvalue weighted by Crippen LogP contribution is 2.23. The van der Waals surface area contributed by atoms with Crippen LogP contribution in [0.4, 0.5) is 0 Å². The van der Waals surface area contributed by atoms with Gasteiger partial charge in [-0.25, -0.2) is 8.42 Å². The van der Waals surface area contributed by atoms with Crippen molar-refractivity contribution in [3.8, 4) is 0 Å². The molecule has 1 saturated heterocycles. The van der Waals surface area contributed by atoms with Crippen LogP contribution < -0.4 is 5.32 Å². The lowest BCUT2D eigenvalue weighted by molar-refractivity contribution is 0.0951. The Balaban J connectivity index is 1.64. The van der Waals surface area contributed by atoms with E-state index in [4.69, 9.17) is 0 Å². The molecule has 5 nitrogen and oxygen atoms in total. The Labute approximate surface area is 169 Å². The smallest absolute Gasteiger partial charge is 0.251 e. The van der Waals surface area contributed by atoms with Crippen LogP contribution in [0.2, 0.25) is 0 Å². The van der Waals surface area contributed by atoms with Gasteiger partial charge in [0.15, 0.2) is 0 Å². The van der Waals surface area contributed by atoms with Gasteiger partial charge in [0.2, 0.25) is 10.0 Å². The second kappa shape index (κ2) is 8.54. The van der Waals surface area contributed by atoms with Gasteiger partial charge in [-0.2, -0.15) is 4.31 Å². The molecule has 0 bridgehead atoms. The van der Waals surface area contributed by atoms with Crippen molar-refractivity contribution in [1.82, 2.24) is 9.62 Å². The largest absolute Gasteiger partial charge is 0.348 e. The number of carbonyl (C=O) groups is 1. The molecule has 0 radical (unpaired) electrons. The predicted molar refractivity (Wildman–Crippen MR) is 109 cm³/mol. The van der Waals surface area contributed by atoms with Gasteiger partial charge >= 0.3 is 0 Å². The van der Waals surface area contributed by atoms with Crippen LogP contribution >= 0.6 is 15.9 Å². The molecule has 2 aromatic carbocycles. The van der Waals surface area contributed by atoms with Crippen molar-refractivity contribution < 1.29 is 13.2 Å². The maximum atomic E-state index is 12.7. The molecule has 7 heteroatoms. The highest BCUT2D eigenvalue weighted by Gasteiger charge is 2.28. The highest BCUT2D eigenvalue weighted by atomic mass is 79.9. The Morgan fingerprint density at radius 2 is 1.81 bits per heavy atom. The number of piperidine rings is 1. The molecule has 27 heavy (non-hydrogen) atoms. The van der Waals surface area contributed by atoms with Gasteiger partial charge in [0, 0.05) is 29.7 Å². The molecule has 1 amide bonds. The lowest BCUT2D eigenvalue weighted by atomic mass is 10.0. The van der Waals surface area contributed by atoms with E-state index in [1.165, 1.54) is 16.4 Å². The average molecular weight is 451 g/mol. The van der Waals surface area contributed by atoms with Gasteiger partial charge < -0.3 is 5.32 Å². The first kappa shape index (κ1) is 20.0. The molecular weight excluding hydrogens is 428 g/mol.